The first-order valence-electron chi connectivity index (χ1n) is 7.38. The fraction of sp³-hybridized carbons (Fsp3) is 0.211. The van der Waals surface area contributed by atoms with E-state index >= 15 is 0 Å². The van der Waals surface area contributed by atoms with Crippen molar-refractivity contribution >= 4 is 17.0 Å². The molecule has 1 aliphatic heterocycles. The molecule has 0 saturated heterocycles. The lowest BCUT2D eigenvalue weighted by Gasteiger charge is -2.29. The molecule has 0 aromatic heterocycles. The van der Waals surface area contributed by atoms with E-state index < -0.39 is 0 Å². The van der Waals surface area contributed by atoms with Crippen LogP contribution in [0.3, 0.4) is 0 Å². The van der Waals surface area contributed by atoms with Gasteiger partial charge < -0.3 is 4.90 Å². The van der Waals surface area contributed by atoms with Crippen LogP contribution >= 0.6 is 0 Å². The van der Waals surface area contributed by atoms with Crippen molar-refractivity contribution in [3.63, 3.8) is 0 Å². The van der Waals surface area contributed by atoms with Gasteiger partial charge in [0.2, 0.25) is 0 Å². The van der Waals surface area contributed by atoms with Gasteiger partial charge in [-0.05, 0) is 37.0 Å². The number of aryl methyl sites for hydroxylation is 1. The summed E-state index contributed by atoms with van der Waals surface area (Å²) in [5.74, 6) is 0.101. The summed E-state index contributed by atoms with van der Waals surface area (Å²) in [7, 11) is 0. The Morgan fingerprint density at radius 1 is 1.05 bits per heavy atom. The van der Waals surface area contributed by atoms with Crippen molar-refractivity contribution in [1.29, 1.82) is 0 Å². The summed E-state index contributed by atoms with van der Waals surface area (Å²) >= 11 is 0. The molecule has 0 N–H and O–H groups in total. The minimum Gasteiger partial charge on any atom is -0.347 e. The molecule has 106 valence electrons. The highest BCUT2D eigenvalue weighted by atomic mass is 16.1. The lowest BCUT2D eigenvalue weighted by molar-refractivity contribution is -0.111. The van der Waals surface area contributed by atoms with Crippen LogP contribution in [0, 0.1) is 0 Å². The maximum absolute atomic E-state index is 12.0. The second-order valence-electron chi connectivity index (χ2n) is 5.39. The summed E-state index contributed by atoms with van der Waals surface area (Å²) < 4.78 is 0. The van der Waals surface area contributed by atoms with Crippen LogP contribution in [0.4, 0.5) is 5.69 Å². The van der Waals surface area contributed by atoms with Crippen LogP contribution in [0.2, 0.25) is 0 Å². The maximum Gasteiger partial charge on any atom is 0.161 e. The summed E-state index contributed by atoms with van der Waals surface area (Å²) in [5, 5.41) is 0. The zero-order valence-corrected chi connectivity index (χ0v) is 12.3. The zero-order chi connectivity index (χ0) is 14.7. The number of para-hydroxylation sites is 1. The molecule has 21 heavy (non-hydrogen) atoms. The second kappa shape index (κ2) is 5.96. The summed E-state index contributed by atoms with van der Waals surface area (Å²) in [6.07, 6.45) is 4.24. The Hall–Kier alpha value is -2.35. The maximum atomic E-state index is 12.0. The molecule has 2 heteroatoms. The number of carbonyl (C=O) groups is 1. The molecule has 0 radical (unpaired) electrons. The summed E-state index contributed by atoms with van der Waals surface area (Å²) in [6.45, 7) is 2.59. The number of nitrogens with zero attached hydrogens (tertiary/aromatic N) is 1. The van der Waals surface area contributed by atoms with E-state index in [-0.39, 0.29) is 5.78 Å². The first-order valence-corrected chi connectivity index (χ1v) is 7.38. The molecule has 1 heterocycles. The normalized spacial score (nSPS) is 14.7. The lowest BCUT2D eigenvalue weighted by atomic mass is 10.00. The number of fused-ring (bicyclic) bond motifs is 1. The predicted molar refractivity (Wildman–Crippen MR) is 87.2 cm³/mol. The number of hydrogen-bond acceptors (Lipinski definition) is 2. The Labute approximate surface area is 125 Å². The van der Waals surface area contributed by atoms with Crippen molar-refractivity contribution in [2.24, 2.45) is 0 Å². The van der Waals surface area contributed by atoms with Gasteiger partial charge in [0.05, 0.1) is 0 Å². The Bertz CT molecular complexity index is 673. The minimum atomic E-state index is 0.101. The van der Waals surface area contributed by atoms with Crippen LogP contribution < -0.4 is 4.90 Å². The van der Waals surface area contributed by atoms with Crippen molar-refractivity contribution in [2.75, 3.05) is 11.4 Å². The molecule has 2 aromatic carbocycles. The molecule has 0 fully saturated rings. The highest BCUT2D eigenvalue weighted by Gasteiger charge is 2.16. The van der Waals surface area contributed by atoms with Crippen LogP contribution in [0.25, 0.3) is 5.57 Å². The lowest BCUT2D eigenvalue weighted by Crippen LogP contribution is -2.24. The third-order valence-corrected chi connectivity index (χ3v) is 3.90. The van der Waals surface area contributed by atoms with E-state index in [1.54, 1.807) is 6.92 Å². The number of benzene rings is 2. The minimum absolute atomic E-state index is 0.101. The Morgan fingerprint density at radius 2 is 1.76 bits per heavy atom. The van der Waals surface area contributed by atoms with E-state index in [2.05, 4.69) is 29.2 Å². The molecule has 3 rings (SSSR count). The number of allylic oxidation sites excluding steroid dienone is 1. The number of hydrogen-bond donors (Lipinski definition) is 0. The summed E-state index contributed by atoms with van der Waals surface area (Å²) in [6, 6.07) is 18.3. The zero-order valence-electron chi connectivity index (χ0n) is 12.3. The monoisotopic (exact) mass is 277 g/mol. The fourth-order valence-electron chi connectivity index (χ4n) is 2.84. The number of Topliss-reactive ketones (excluding diaryl/α,β-unsaturated/α-hetero) is 1. The third kappa shape index (κ3) is 2.89. The largest absolute Gasteiger partial charge is 0.347 e. The molecule has 0 amide bonds. The number of anilines is 1. The summed E-state index contributed by atoms with van der Waals surface area (Å²) in [4.78, 5) is 14.2. The molecule has 2 aromatic rings. The molecular weight excluding hydrogens is 258 g/mol. The third-order valence-electron chi connectivity index (χ3n) is 3.90. The van der Waals surface area contributed by atoms with Crippen LogP contribution in [0.5, 0.6) is 0 Å². The molecule has 0 aliphatic carbocycles. The van der Waals surface area contributed by atoms with Gasteiger partial charge in [0.1, 0.15) is 0 Å². The highest BCUT2D eigenvalue weighted by Crippen LogP contribution is 2.28. The van der Waals surface area contributed by atoms with Crippen LogP contribution in [0.1, 0.15) is 24.5 Å². The van der Waals surface area contributed by atoms with E-state index in [0.717, 1.165) is 30.5 Å². The van der Waals surface area contributed by atoms with Crippen molar-refractivity contribution in [3.05, 3.63) is 71.9 Å². The van der Waals surface area contributed by atoms with Crippen molar-refractivity contribution < 1.29 is 4.79 Å². The van der Waals surface area contributed by atoms with E-state index in [1.165, 1.54) is 11.3 Å². The molecule has 0 spiro atoms. The molecule has 0 saturated carbocycles. The average molecular weight is 277 g/mol. The molecule has 1 aliphatic rings. The van der Waals surface area contributed by atoms with E-state index in [4.69, 9.17) is 0 Å². The van der Waals surface area contributed by atoms with Crippen LogP contribution in [-0.2, 0) is 11.2 Å². The molecular formula is C19H19NO. The van der Waals surface area contributed by atoms with Crippen molar-refractivity contribution in [1.82, 2.24) is 0 Å². The number of ketones is 1. The van der Waals surface area contributed by atoms with E-state index in [0.29, 0.717) is 0 Å². The topological polar surface area (TPSA) is 20.3 Å². The first kappa shape index (κ1) is 13.6. The quantitative estimate of drug-likeness (QED) is 0.788. The van der Waals surface area contributed by atoms with Crippen molar-refractivity contribution in [2.45, 2.75) is 19.8 Å². The van der Waals surface area contributed by atoms with Gasteiger partial charge in [-0.25, -0.2) is 0 Å². The summed E-state index contributed by atoms with van der Waals surface area (Å²) in [5.41, 5.74) is 4.33. The van der Waals surface area contributed by atoms with Crippen LogP contribution in [-0.4, -0.2) is 12.3 Å². The number of carbonyl (C=O) groups excluding carboxylic acids is 1. The van der Waals surface area contributed by atoms with E-state index in [9.17, 15) is 4.79 Å². The first-order chi connectivity index (χ1) is 10.3. The average Bonchev–Trinajstić information content (AvgIpc) is 2.53. The molecule has 0 atom stereocenters. The predicted octanol–water partition coefficient (Wildman–Crippen LogP) is 4.07. The van der Waals surface area contributed by atoms with Gasteiger partial charge in [0, 0.05) is 24.0 Å². The van der Waals surface area contributed by atoms with Gasteiger partial charge >= 0.3 is 0 Å². The smallest absolute Gasteiger partial charge is 0.161 e. The van der Waals surface area contributed by atoms with Gasteiger partial charge in [-0.15, -0.1) is 0 Å². The van der Waals surface area contributed by atoms with Gasteiger partial charge in [0.15, 0.2) is 5.78 Å². The molecule has 2 nitrogen and oxygen atoms in total. The van der Waals surface area contributed by atoms with Gasteiger partial charge in [-0.3, -0.25) is 4.79 Å². The standard InChI is InChI=1S/C19H19NO/c1-15(21)18(16-8-3-2-4-9-16)14-20-13-7-11-17-10-5-6-12-19(17)20/h2-6,8-10,12,14H,7,11,13H2,1H3/b18-14+. The van der Waals surface area contributed by atoms with Gasteiger partial charge in [-0.2, -0.15) is 0 Å². The fourth-order valence-corrected chi connectivity index (χ4v) is 2.84. The SMILES string of the molecule is CC(=O)/C(=C\N1CCCc2ccccc21)c1ccccc1. The Morgan fingerprint density at radius 3 is 2.52 bits per heavy atom. The number of rotatable bonds is 3. The van der Waals surface area contributed by atoms with Crippen molar-refractivity contribution in [3.8, 4) is 0 Å². The van der Waals surface area contributed by atoms with Crippen LogP contribution in [0.15, 0.2) is 60.8 Å². The van der Waals surface area contributed by atoms with E-state index in [1.807, 2.05) is 36.5 Å². The van der Waals surface area contributed by atoms with Gasteiger partial charge in [-0.1, -0.05) is 48.5 Å². The molecule has 0 unspecified atom stereocenters. The highest BCUT2D eigenvalue weighted by molar-refractivity contribution is 6.19. The molecule has 0 bridgehead atoms. The van der Waals surface area contributed by atoms with Gasteiger partial charge in [0.25, 0.3) is 0 Å². The Kier molecular flexibility index (Phi) is 3.87. The second-order valence-corrected chi connectivity index (χ2v) is 5.39. The Balaban J connectivity index is 2.02.